The van der Waals surface area contributed by atoms with Gasteiger partial charge in [0, 0.05) is 10.4 Å². The smallest absolute Gasteiger partial charge is 0.339 e. The van der Waals surface area contributed by atoms with Crippen LogP contribution in [0.3, 0.4) is 0 Å². The van der Waals surface area contributed by atoms with E-state index in [1.165, 1.54) is 12.1 Å². The van der Waals surface area contributed by atoms with E-state index in [1.807, 2.05) is 20.8 Å². The topological polar surface area (TPSA) is 85.5 Å². The number of aromatic carboxylic acids is 1. The van der Waals surface area contributed by atoms with Crippen LogP contribution < -0.4 is 4.74 Å². The van der Waals surface area contributed by atoms with Crippen molar-refractivity contribution in [3.63, 3.8) is 0 Å². The molecule has 1 aromatic carbocycles. The summed E-state index contributed by atoms with van der Waals surface area (Å²) >= 11 is 5.77. The predicted octanol–water partition coefficient (Wildman–Crippen LogP) is 3.30. The van der Waals surface area contributed by atoms with Crippen LogP contribution in [0.4, 0.5) is 0 Å². The predicted molar refractivity (Wildman–Crippen MR) is 75.7 cm³/mol. The van der Waals surface area contributed by atoms with Crippen LogP contribution in [0, 0.1) is 0 Å². The lowest BCUT2D eigenvalue weighted by Gasteiger charge is -2.11. The van der Waals surface area contributed by atoms with Crippen LogP contribution in [0.5, 0.6) is 5.75 Å². The second kappa shape index (κ2) is 5.73. The molecule has 1 heterocycles. The average Bonchev–Trinajstić information content (AvgIpc) is 2.85. The fourth-order valence-corrected chi connectivity index (χ4v) is 1.72. The van der Waals surface area contributed by atoms with Gasteiger partial charge in [0.2, 0.25) is 0 Å². The van der Waals surface area contributed by atoms with E-state index in [4.69, 9.17) is 26.0 Å². The SMILES string of the molecule is CC(C)(C)c1noc(COc2ccc(Cl)cc2C(=O)O)n1. The summed E-state index contributed by atoms with van der Waals surface area (Å²) in [6.07, 6.45) is 0. The number of carboxylic acid groups (broad SMARTS) is 1. The molecule has 0 radical (unpaired) electrons. The molecule has 0 bridgehead atoms. The van der Waals surface area contributed by atoms with Crippen molar-refractivity contribution in [3.05, 3.63) is 40.5 Å². The van der Waals surface area contributed by atoms with Crippen molar-refractivity contribution in [1.82, 2.24) is 10.1 Å². The Hall–Kier alpha value is -2.08. The normalized spacial score (nSPS) is 11.4. The minimum absolute atomic E-state index is 0.00894. The van der Waals surface area contributed by atoms with Crippen LogP contribution in [-0.4, -0.2) is 21.2 Å². The molecule has 0 saturated heterocycles. The van der Waals surface area contributed by atoms with E-state index in [0.717, 1.165) is 0 Å². The van der Waals surface area contributed by atoms with Gasteiger partial charge in [0.15, 0.2) is 12.4 Å². The minimum atomic E-state index is -1.12. The van der Waals surface area contributed by atoms with Gasteiger partial charge < -0.3 is 14.4 Å². The Bertz CT molecular complexity index is 661. The number of hydrogen-bond donors (Lipinski definition) is 1. The third-order valence-electron chi connectivity index (χ3n) is 2.66. The molecule has 6 nitrogen and oxygen atoms in total. The number of hydrogen-bond acceptors (Lipinski definition) is 5. The lowest BCUT2D eigenvalue weighted by Crippen LogP contribution is -2.13. The maximum atomic E-state index is 11.1. The highest BCUT2D eigenvalue weighted by atomic mass is 35.5. The van der Waals surface area contributed by atoms with Crippen LogP contribution in [0.1, 0.15) is 42.8 Å². The third kappa shape index (κ3) is 3.72. The lowest BCUT2D eigenvalue weighted by atomic mass is 9.96. The highest BCUT2D eigenvalue weighted by Crippen LogP contribution is 2.24. The Morgan fingerprint density at radius 1 is 1.43 bits per heavy atom. The van der Waals surface area contributed by atoms with Gasteiger partial charge >= 0.3 is 5.97 Å². The van der Waals surface area contributed by atoms with Gasteiger partial charge in [-0.15, -0.1) is 0 Å². The molecule has 7 heteroatoms. The molecule has 0 amide bonds. The van der Waals surface area contributed by atoms with Gasteiger partial charge in [0.1, 0.15) is 11.3 Å². The minimum Gasteiger partial charge on any atom is -0.483 e. The summed E-state index contributed by atoms with van der Waals surface area (Å²) in [5, 5.41) is 13.3. The van der Waals surface area contributed by atoms with Crippen molar-refractivity contribution in [2.45, 2.75) is 32.8 Å². The summed E-state index contributed by atoms with van der Waals surface area (Å²) in [6.45, 7) is 5.88. The number of rotatable bonds is 4. The first kappa shape index (κ1) is 15.3. The molecule has 0 fully saturated rings. The van der Waals surface area contributed by atoms with Crippen LogP contribution >= 0.6 is 11.6 Å². The molecule has 2 aromatic rings. The molecule has 112 valence electrons. The van der Waals surface area contributed by atoms with E-state index < -0.39 is 5.97 Å². The van der Waals surface area contributed by atoms with E-state index in [0.29, 0.717) is 10.8 Å². The molecule has 0 atom stereocenters. The largest absolute Gasteiger partial charge is 0.483 e. The number of carbonyl (C=O) groups is 1. The van der Waals surface area contributed by atoms with Crippen molar-refractivity contribution < 1.29 is 19.2 Å². The molecular formula is C14H15ClN2O4. The van der Waals surface area contributed by atoms with Crippen LogP contribution in [0.15, 0.2) is 22.7 Å². The van der Waals surface area contributed by atoms with Crippen LogP contribution in [0.25, 0.3) is 0 Å². The van der Waals surface area contributed by atoms with E-state index in [-0.39, 0.29) is 29.2 Å². The summed E-state index contributed by atoms with van der Waals surface area (Å²) in [7, 11) is 0. The quantitative estimate of drug-likeness (QED) is 0.932. The van der Waals surface area contributed by atoms with Gasteiger partial charge in [-0.25, -0.2) is 4.79 Å². The highest BCUT2D eigenvalue weighted by molar-refractivity contribution is 6.31. The molecule has 0 unspecified atom stereocenters. The Morgan fingerprint density at radius 3 is 2.71 bits per heavy atom. The third-order valence-corrected chi connectivity index (χ3v) is 2.90. The first-order valence-electron chi connectivity index (χ1n) is 6.26. The van der Waals surface area contributed by atoms with E-state index in [2.05, 4.69) is 10.1 Å². The van der Waals surface area contributed by atoms with Gasteiger partial charge in [-0.3, -0.25) is 0 Å². The Morgan fingerprint density at radius 2 is 2.14 bits per heavy atom. The van der Waals surface area contributed by atoms with Crippen molar-refractivity contribution in [2.24, 2.45) is 0 Å². The maximum absolute atomic E-state index is 11.1. The Labute approximate surface area is 126 Å². The van der Waals surface area contributed by atoms with Crippen LogP contribution in [0.2, 0.25) is 5.02 Å². The summed E-state index contributed by atoms with van der Waals surface area (Å²) in [6, 6.07) is 4.37. The molecular weight excluding hydrogens is 296 g/mol. The monoisotopic (exact) mass is 310 g/mol. The summed E-state index contributed by atoms with van der Waals surface area (Å²) in [4.78, 5) is 15.3. The highest BCUT2D eigenvalue weighted by Gasteiger charge is 2.21. The number of ether oxygens (including phenoxy) is 1. The standard InChI is InChI=1S/C14H15ClN2O4/c1-14(2,3)13-16-11(21-17-13)7-20-10-5-4-8(15)6-9(10)12(18)19/h4-6H,7H2,1-3H3,(H,18,19). The van der Waals surface area contributed by atoms with Crippen molar-refractivity contribution >= 4 is 17.6 Å². The number of benzene rings is 1. The van der Waals surface area contributed by atoms with Gasteiger partial charge in [-0.2, -0.15) is 4.98 Å². The maximum Gasteiger partial charge on any atom is 0.339 e. The Kier molecular flexibility index (Phi) is 4.18. The molecule has 1 N–H and O–H groups in total. The summed E-state index contributed by atoms with van der Waals surface area (Å²) < 4.78 is 10.5. The second-order valence-corrected chi connectivity index (χ2v) is 5.93. The van der Waals surface area contributed by atoms with Gasteiger partial charge in [0.25, 0.3) is 5.89 Å². The molecule has 21 heavy (non-hydrogen) atoms. The molecule has 0 saturated carbocycles. The fraction of sp³-hybridized carbons (Fsp3) is 0.357. The zero-order valence-corrected chi connectivity index (χ0v) is 12.6. The average molecular weight is 311 g/mol. The van der Waals surface area contributed by atoms with Crippen molar-refractivity contribution in [3.8, 4) is 5.75 Å². The molecule has 1 aromatic heterocycles. The molecule has 0 aliphatic rings. The summed E-state index contributed by atoms with van der Waals surface area (Å²) in [5.41, 5.74) is -0.244. The zero-order valence-electron chi connectivity index (χ0n) is 11.9. The van der Waals surface area contributed by atoms with Crippen LogP contribution in [-0.2, 0) is 12.0 Å². The van der Waals surface area contributed by atoms with E-state index in [1.54, 1.807) is 6.07 Å². The first-order valence-corrected chi connectivity index (χ1v) is 6.64. The summed E-state index contributed by atoms with van der Waals surface area (Å²) in [5.74, 6) is -0.0716. The van der Waals surface area contributed by atoms with Gasteiger partial charge in [-0.1, -0.05) is 37.5 Å². The first-order chi connectivity index (χ1) is 9.77. The number of aromatic nitrogens is 2. The van der Waals surface area contributed by atoms with E-state index in [9.17, 15) is 4.79 Å². The number of carboxylic acids is 1. The Balaban J connectivity index is 2.13. The number of halogens is 1. The molecule has 2 rings (SSSR count). The second-order valence-electron chi connectivity index (χ2n) is 5.50. The fourth-order valence-electron chi connectivity index (χ4n) is 1.55. The van der Waals surface area contributed by atoms with E-state index >= 15 is 0 Å². The molecule has 0 aliphatic carbocycles. The van der Waals surface area contributed by atoms with Gasteiger partial charge in [0.05, 0.1) is 0 Å². The molecule has 0 spiro atoms. The van der Waals surface area contributed by atoms with Crippen molar-refractivity contribution in [2.75, 3.05) is 0 Å². The lowest BCUT2D eigenvalue weighted by molar-refractivity contribution is 0.0691. The number of nitrogens with zero attached hydrogens (tertiary/aromatic N) is 2. The van der Waals surface area contributed by atoms with Gasteiger partial charge in [-0.05, 0) is 18.2 Å². The van der Waals surface area contributed by atoms with Crippen molar-refractivity contribution in [1.29, 1.82) is 0 Å². The zero-order chi connectivity index (χ0) is 15.6. The molecule has 0 aliphatic heterocycles.